The summed E-state index contributed by atoms with van der Waals surface area (Å²) in [4.78, 5) is 26.5. The van der Waals surface area contributed by atoms with Crippen LogP contribution in [0.3, 0.4) is 0 Å². The number of carbonyl (C=O) groups is 2. The van der Waals surface area contributed by atoms with Crippen LogP contribution in [0.5, 0.6) is 0 Å². The molecule has 1 atom stereocenters. The van der Waals surface area contributed by atoms with E-state index in [1.54, 1.807) is 11.0 Å². The molecule has 1 fully saturated rings. The molecule has 22 heavy (non-hydrogen) atoms. The van der Waals surface area contributed by atoms with Crippen molar-refractivity contribution in [1.29, 1.82) is 0 Å². The fourth-order valence-electron chi connectivity index (χ4n) is 2.52. The Labute approximate surface area is 137 Å². The molecule has 2 heterocycles. The number of thiophene rings is 1. The van der Waals surface area contributed by atoms with Crippen molar-refractivity contribution in [2.75, 3.05) is 6.54 Å². The van der Waals surface area contributed by atoms with Crippen LogP contribution >= 0.6 is 22.9 Å². The molecule has 1 unspecified atom stereocenters. The average Bonchev–Trinajstić information content (AvgIpc) is 3.12. The van der Waals surface area contributed by atoms with Gasteiger partial charge in [0.05, 0.1) is 10.9 Å². The highest BCUT2D eigenvalue weighted by atomic mass is 35.5. The van der Waals surface area contributed by atoms with Crippen LogP contribution in [0.2, 0.25) is 5.02 Å². The van der Waals surface area contributed by atoms with E-state index in [9.17, 15) is 9.59 Å². The van der Waals surface area contributed by atoms with Crippen LogP contribution in [-0.4, -0.2) is 29.3 Å². The van der Waals surface area contributed by atoms with Crippen molar-refractivity contribution in [1.82, 2.24) is 10.2 Å². The Balaban J connectivity index is 1.61. The van der Waals surface area contributed by atoms with Crippen LogP contribution in [0.25, 0.3) is 0 Å². The fourth-order valence-corrected chi connectivity index (χ4v) is 3.34. The largest absolute Gasteiger partial charge is 0.346 e. The molecular weight excluding hydrogens is 320 g/mol. The summed E-state index contributed by atoms with van der Waals surface area (Å²) in [6, 6.07) is 11.0. The summed E-state index contributed by atoms with van der Waals surface area (Å²) in [5, 5.41) is 5.43. The molecule has 1 aromatic heterocycles. The molecule has 1 aromatic carbocycles. The van der Waals surface area contributed by atoms with E-state index < -0.39 is 0 Å². The Hall–Kier alpha value is -1.85. The molecule has 1 N–H and O–H groups in total. The summed E-state index contributed by atoms with van der Waals surface area (Å²) < 4.78 is 0. The van der Waals surface area contributed by atoms with Gasteiger partial charge in [0.15, 0.2) is 0 Å². The lowest BCUT2D eigenvalue weighted by Crippen LogP contribution is -2.36. The second-order valence-electron chi connectivity index (χ2n) is 5.22. The highest BCUT2D eigenvalue weighted by molar-refractivity contribution is 7.12. The molecule has 0 aliphatic carbocycles. The Morgan fingerprint density at radius 2 is 2.14 bits per heavy atom. The van der Waals surface area contributed by atoms with Gasteiger partial charge in [-0.15, -0.1) is 11.3 Å². The maximum absolute atomic E-state index is 12.1. The summed E-state index contributed by atoms with van der Waals surface area (Å²) in [5.74, 6) is -0.0798. The number of carbonyl (C=O) groups excluding carboxylic acids is 2. The van der Waals surface area contributed by atoms with Gasteiger partial charge >= 0.3 is 0 Å². The number of rotatable bonds is 4. The van der Waals surface area contributed by atoms with Crippen LogP contribution in [-0.2, 0) is 11.3 Å². The van der Waals surface area contributed by atoms with E-state index in [0.717, 1.165) is 5.56 Å². The first-order valence-electron chi connectivity index (χ1n) is 6.99. The third kappa shape index (κ3) is 3.31. The van der Waals surface area contributed by atoms with E-state index in [1.807, 2.05) is 35.7 Å². The van der Waals surface area contributed by atoms with Gasteiger partial charge in [-0.2, -0.15) is 0 Å². The Kier molecular flexibility index (Phi) is 4.45. The van der Waals surface area contributed by atoms with E-state index in [4.69, 9.17) is 11.6 Å². The van der Waals surface area contributed by atoms with Crippen molar-refractivity contribution in [2.24, 2.45) is 0 Å². The molecule has 2 aromatic rings. The SMILES string of the molecule is O=C(NC1CC(=O)N(Cc2ccccc2Cl)C1)c1cccs1. The zero-order valence-corrected chi connectivity index (χ0v) is 13.4. The molecule has 4 nitrogen and oxygen atoms in total. The first-order chi connectivity index (χ1) is 10.6. The molecule has 1 saturated heterocycles. The molecule has 6 heteroatoms. The van der Waals surface area contributed by atoms with Crippen molar-refractivity contribution in [3.8, 4) is 0 Å². The first-order valence-corrected chi connectivity index (χ1v) is 8.25. The zero-order valence-electron chi connectivity index (χ0n) is 11.8. The molecule has 114 valence electrons. The quantitative estimate of drug-likeness (QED) is 0.934. The normalized spacial score (nSPS) is 17.8. The Morgan fingerprint density at radius 1 is 1.32 bits per heavy atom. The molecule has 0 bridgehead atoms. The second-order valence-corrected chi connectivity index (χ2v) is 6.57. The van der Waals surface area contributed by atoms with E-state index in [-0.39, 0.29) is 17.9 Å². The Bertz CT molecular complexity index is 687. The van der Waals surface area contributed by atoms with Crippen LogP contribution in [0, 0.1) is 0 Å². The minimum absolute atomic E-state index is 0.0383. The minimum Gasteiger partial charge on any atom is -0.346 e. The molecule has 0 spiro atoms. The summed E-state index contributed by atoms with van der Waals surface area (Å²) >= 11 is 7.52. The van der Waals surface area contributed by atoms with Crippen LogP contribution in [0.4, 0.5) is 0 Å². The number of likely N-dealkylation sites (tertiary alicyclic amines) is 1. The highest BCUT2D eigenvalue weighted by Crippen LogP contribution is 2.21. The monoisotopic (exact) mass is 334 g/mol. The Morgan fingerprint density at radius 3 is 2.86 bits per heavy atom. The molecule has 1 aliphatic rings. The van der Waals surface area contributed by atoms with Gasteiger partial charge in [0.1, 0.15) is 0 Å². The van der Waals surface area contributed by atoms with E-state index in [2.05, 4.69) is 5.32 Å². The summed E-state index contributed by atoms with van der Waals surface area (Å²) in [7, 11) is 0. The summed E-state index contributed by atoms with van der Waals surface area (Å²) in [6.45, 7) is 0.991. The number of halogens is 1. The van der Waals surface area contributed by atoms with Crippen molar-refractivity contribution < 1.29 is 9.59 Å². The van der Waals surface area contributed by atoms with Crippen molar-refractivity contribution >= 4 is 34.8 Å². The lowest BCUT2D eigenvalue weighted by molar-refractivity contribution is -0.128. The lowest BCUT2D eigenvalue weighted by Gasteiger charge is -2.17. The van der Waals surface area contributed by atoms with Gasteiger partial charge in [0, 0.05) is 24.5 Å². The van der Waals surface area contributed by atoms with Gasteiger partial charge in [-0.25, -0.2) is 0 Å². The minimum atomic E-state index is -0.149. The molecule has 1 aliphatic heterocycles. The first kappa shape index (κ1) is 15.1. The summed E-state index contributed by atoms with van der Waals surface area (Å²) in [5.41, 5.74) is 0.919. The molecule has 0 radical (unpaired) electrons. The summed E-state index contributed by atoms with van der Waals surface area (Å²) in [6.07, 6.45) is 0.335. The van der Waals surface area contributed by atoms with Gasteiger partial charge < -0.3 is 10.2 Å². The standard InChI is InChI=1S/C16H15ClN2O2S/c17-13-5-2-1-4-11(13)9-19-10-12(8-15(19)20)18-16(21)14-6-3-7-22-14/h1-7,12H,8-10H2,(H,18,21). The van der Waals surface area contributed by atoms with Crippen LogP contribution < -0.4 is 5.32 Å². The number of hydrogen-bond acceptors (Lipinski definition) is 3. The number of nitrogens with one attached hydrogen (secondary N) is 1. The second kappa shape index (κ2) is 6.50. The zero-order chi connectivity index (χ0) is 15.5. The van der Waals surface area contributed by atoms with Gasteiger partial charge in [-0.1, -0.05) is 35.9 Å². The third-order valence-electron chi connectivity index (χ3n) is 3.61. The maximum Gasteiger partial charge on any atom is 0.261 e. The smallest absolute Gasteiger partial charge is 0.261 e. The average molecular weight is 335 g/mol. The number of nitrogens with zero attached hydrogens (tertiary/aromatic N) is 1. The molecule has 2 amide bonds. The lowest BCUT2D eigenvalue weighted by atomic mass is 10.2. The predicted octanol–water partition coefficient (Wildman–Crippen LogP) is 2.93. The highest BCUT2D eigenvalue weighted by Gasteiger charge is 2.31. The number of amides is 2. The van der Waals surface area contributed by atoms with Crippen LogP contribution in [0.15, 0.2) is 41.8 Å². The fraction of sp³-hybridized carbons (Fsp3) is 0.250. The van der Waals surface area contributed by atoms with Crippen LogP contribution in [0.1, 0.15) is 21.7 Å². The van der Waals surface area contributed by atoms with Gasteiger partial charge in [0.25, 0.3) is 5.91 Å². The van der Waals surface area contributed by atoms with Crippen molar-refractivity contribution in [2.45, 2.75) is 19.0 Å². The third-order valence-corrected chi connectivity index (χ3v) is 4.85. The topological polar surface area (TPSA) is 49.4 Å². The van der Waals surface area contributed by atoms with E-state index in [0.29, 0.717) is 29.4 Å². The van der Waals surface area contributed by atoms with Gasteiger partial charge in [-0.05, 0) is 23.1 Å². The molecule has 0 saturated carbocycles. The van der Waals surface area contributed by atoms with Gasteiger partial charge in [0.2, 0.25) is 5.91 Å². The molecule has 3 rings (SSSR count). The van der Waals surface area contributed by atoms with Crippen molar-refractivity contribution in [3.05, 3.63) is 57.2 Å². The van der Waals surface area contributed by atoms with Gasteiger partial charge in [-0.3, -0.25) is 9.59 Å². The number of hydrogen-bond donors (Lipinski definition) is 1. The maximum atomic E-state index is 12.1. The number of benzene rings is 1. The van der Waals surface area contributed by atoms with Crippen molar-refractivity contribution in [3.63, 3.8) is 0 Å². The predicted molar refractivity (Wildman–Crippen MR) is 87.1 cm³/mol. The molecular formula is C16H15ClN2O2S. The van der Waals surface area contributed by atoms with E-state index >= 15 is 0 Å². The van der Waals surface area contributed by atoms with E-state index in [1.165, 1.54) is 11.3 Å².